The van der Waals surface area contributed by atoms with Crippen LogP contribution in [0, 0.1) is 17.2 Å². The standard InChI is InChI=1S/C30H36F2N4O2/c31-30(32)15-10-25(11-16-30)29(38)35-27(24-4-2-1-3-5-24)14-19-36-17-12-26(13-18-36)34-28(37)20-22-6-8-23(21-33)9-7-22/h1-9,25-27H,10-20H2,(H,34,37)(H,35,38)/t27-/m0/s1. The molecule has 1 saturated heterocycles. The van der Waals surface area contributed by atoms with Gasteiger partial charge in [0.2, 0.25) is 17.7 Å². The molecular formula is C30H36F2N4O2. The van der Waals surface area contributed by atoms with Crippen molar-refractivity contribution in [3.05, 3.63) is 71.3 Å². The van der Waals surface area contributed by atoms with Crippen molar-refractivity contribution in [1.82, 2.24) is 15.5 Å². The van der Waals surface area contributed by atoms with E-state index in [0.717, 1.165) is 50.0 Å². The number of nitrogens with one attached hydrogen (secondary N) is 2. The second-order valence-electron chi connectivity index (χ2n) is 10.6. The molecule has 1 saturated carbocycles. The highest BCUT2D eigenvalue weighted by molar-refractivity contribution is 5.79. The Labute approximate surface area is 223 Å². The minimum absolute atomic E-state index is 0.0134. The Kier molecular flexibility index (Phi) is 9.46. The number of alkyl halides is 2. The topological polar surface area (TPSA) is 85.2 Å². The third kappa shape index (κ3) is 8.09. The summed E-state index contributed by atoms with van der Waals surface area (Å²) in [4.78, 5) is 27.8. The number of piperidine rings is 1. The van der Waals surface area contributed by atoms with E-state index in [4.69, 9.17) is 5.26 Å². The van der Waals surface area contributed by atoms with Crippen LogP contribution in [0.15, 0.2) is 54.6 Å². The summed E-state index contributed by atoms with van der Waals surface area (Å²) in [6.07, 6.45) is 2.75. The third-order valence-corrected chi connectivity index (χ3v) is 7.74. The van der Waals surface area contributed by atoms with Crippen LogP contribution in [0.3, 0.4) is 0 Å². The number of benzene rings is 2. The van der Waals surface area contributed by atoms with Gasteiger partial charge in [0.1, 0.15) is 0 Å². The zero-order valence-electron chi connectivity index (χ0n) is 21.7. The van der Waals surface area contributed by atoms with Crippen LogP contribution >= 0.6 is 0 Å². The number of likely N-dealkylation sites (tertiary alicyclic amines) is 1. The number of carbonyl (C=O) groups excluding carboxylic acids is 2. The van der Waals surface area contributed by atoms with E-state index in [0.29, 0.717) is 12.0 Å². The highest BCUT2D eigenvalue weighted by Crippen LogP contribution is 2.36. The number of nitrogens with zero attached hydrogens (tertiary/aromatic N) is 2. The van der Waals surface area contributed by atoms with Gasteiger partial charge in [-0.2, -0.15) is 5.26 Å². The molecular weight excluding hydrogens is 486 g/mol. The predicted molar refractivity (Wildman–Crippen MR) is 141 cm³/mol. The summed E-state index contributed by atoms with van der Waals surface area (Å²) in [6, 6.07) is 18.9. The minimum Gasteiger partial charge on any atom is -0.353 e. The van der Waals surface area contributed by atoms with Crippen LogP contribution in [-0.4, -0.2) is 48.3 Å². The van der Waals surface area contributed by atoms with E-state index in [1.807, 2.05) is 42.5 Å². The fourth-order valence-electron chi connectivity index (χ4n) is 5.37. The number of rotatable bonds is 9. The molecule has 2 aromatic carbocycles. The van der Waals surface area contributed by atoms with E-state index in [1.165, 1.54) is 0 Å². The Balaban J connectivity index is 1.23. The lowest BCUT2D eigenvalue weighted by atomic mass is 9.86. The fraction of sp³-hybridized carbons (Fsp3) is 0.500. The maximum Gasteiger partial charge on any atom is 0.248 e. The monoisotopic (exact) mass is 522 g/mol. The first-order chi connectivity index (χ1) is 18.3. The van der Waals surface area contributed by atoms with Crippen LogP contribution in [0.1, 0.15) is 67.7 Å². The number of hydrogen-bond acceptors (Lipinski definition) is 4. The Morgan fingerprint density at radius 3 is 2.29 bits per heavy atom. The Bertz CT molecular complexity index is 1100. The highest BCUT2D eigenvalue weighted by atomic mass is 19.3. The van der Waals surface area contributed by atoms with Crippen molar-refractivity contribution in [3.8, 4) is 6.07 Å². The molecule has 4 rings (SSSR count). The van der Waals surface area contributed by atoms with Gasteiger partial charge in [-0.25, -0.2) is 8.78 Å². The summed E-state index contributed by atoms with van der Waals surface area (Å²) in [6.45, 7) is 2.51. The fourth-order valence-corrected chi connectivity index (χ4v) is 5.37. The lowest BCUT2D eigenvalue weighted by molar-refractivity contribution is -0.130. The van der Waals surface area contributed by atoms with Crippen molar-refractivity contribution in [2.24, 2.45) is 5.92 Å². The molecule has 202 valence electrons. The van der Waals surface area contributed by atoms with Crippen molar-refractivity contribution in [3.63, 3.8) is 0 Å². The Morgan fingerprint density at radius 2 is 1.66 bits per heavy atom. The van der Waals surface area contributed by atoms with Crippen molar-refractivity contribution in [2.45, 2.75) is 69.4 Å². The molecule has 0 radical (unpaired) electrons. The summed E-state index contributed by atoms with van der Waals surface area (Å²) in [5.74, 6) is -3.15. The first kappa shape index (κ1) is 27.7. The molecule has 1 aliphatic heterocycles. The Hall–Kier alpha value is -3.31. The highest BCUT2D eigenvalue weighted by Gasteiger charge is 2.37. The summed E-state index contributed by atoms with van der Waals surface area (Å²) in [5, 5.41) is 15.2. The van der Waals surface area contributed by atoms with Crippen LogP contribution < -0.4 is 10.6 Å². The van der Waals surface area contributed by atoms with Crippen molar-refractivity contribution < 1.29 is 18.4 Å². The van der Waals surface area contributed by atoms with E-state index >= 15 is 0 Å². The van der Waals surface area contributed by atoms with Crippen LogP contribution in [0.4, 0.5) is 8.78 Å². The number of carbonyl (C=O) groups is 2. The van der Waals surface area contributed by atoms with Crippen LogP contribution in [0.25, 0.3) is 0 Å². The molecule has 1 atom stereocenters. The molecule has 8 heteroatoms. The quantitative estimate of drug-likeness (QED) is 0.498. The number of amides is 2. The van der Waals surface area contributed by atoms with Crippen molar-refractivity contribution in [1.29, 1.82) is 5.26 Å². The van der Waals surface area contributed by atoms with Gasteiger partial charge in [-0.1, -0.05) is 42.5 Å². The van der Waals surface area contributed by atoms with Crippen molar-refractivity contribution >= 4 is 11.8 Å². The molecule has 6 nitrogen and oxygen atoms in total. The van der Waals surface area contributed by atoms with Crippen LogP contribution in [0.2, 0.25) is 0 Å². The van der Waals surface area contributed by atoms with Crippen LogP contribution in [-0.2, 0) is 16.0 Å². The molecule has 1 heterocycles. The first-order valence-electron chi connectivity index (χ1n) is 13.6. The van der Waals surface area contributed by atoms with Crippen LogP contribution in [0.5, 0.6) is 0 Å². The third-order valence-electron chi connectivity index (χ3n) is 7.74. The molecule has 2 aliphatic rings. The molecule has 0 unspecified atom stereocenters. The molecule has 2 amide bonds. The average Bonchev–Trinajstić information content (AvgIpc) is 2.92. The maximum absolute atomic E-state index is 13.5. The van der Waals surface area contributed by atoms with E-state index in [2.05, 4.69) is 21.6 Å². The van der Waals surface area contributed by atoms with Gasteiger partial charge in [-0.3, -0.25) is 9.59 Å². The lowest BCUT2D eigenvalue weighted by Gasteiger charge is -2.34. The van der Waals surface area contributed by atoms with Crippen molar-refractivity contribution in [2.75, 3.05) is 19.6 Å². The van der Waals surface area contributed by atoms with Gasteiger partial charge in [0.25, 0.3) is 0 Å². The van der Waals surface area contributed by atoms with Gasteiger partial charge in [0.05, 0.1) is 24.1 Å². The van der Waals surface area contributed by atoms with E-state index in [1.54, 1.807) is 12.1 Å². The van der Waals surface area contributed by atoms with Gasteiger partial charge in [0.15, 0.2) is 0 Å². The molecule has 38 heavy (non-hydrogen) atoms. The molecule has 2 fully saturated rings. The predicted octanol–water partition coefficient (Wildman–Crippen LogP) is 4.75. The van der Waals surface area contributed by atoms with Gasteiger partial charge in [-0.05, 0) is 55.4 Å². The summed E-state index contributed by atoms with van der Waals surface area (Å²) in [5.41, 5.74) is 2.48. The first-order valence-corrected chi connectivity index (χ1v) is 13.6. The van der Waals surface area contributed by atoms with E-state index in [-0.39, 0.29) is 55.5 Å². The summed E-state index contributed by atoms with van der Waals surface area (Å²) < 4.78 is 27.1. The molecule has 0 spiro atoms. The largest absolute Gasteiger partial charge is 0.353 e. The Morgan fingerprint density at radius 1 is 1.00 bits per heavy atom. The second kappa shape index (κ2) is 13.0. The summed E-state index contributed by atoms with van der Waals surface area (Å²) >= 11 is 0. The zero-order valence-corrected chi connectivity index (χ0v) is 21.7. The second-order valence-corrected chi connectivity index (χ2v) is 10.6. The molecule has 0 aromatic heterocycles. The number of halogens is 2. The lowest BCUT2D eigenvalue weighted by Crippen LogP contribution is -2.46. The van der Waals surface area contributed by atoms with E-state index < -0.39 is 5.92 Å². The summed E-state index contributed by atoms with van der Waals surface area (Å²) in [7, 11) is 0. The number of hydrogen-bond donors (Lipinski definition) is 2. The average molecular weight is 523 g/mol. The zero-order chi connectivity index (χ0) is 27.0. The molecule has 1 aliphatic carbocycles. The van der Waals surface area contributed by atoms with Gasteiger partial charge >= 0.3 is 0 Å². The molecule has 2 aromatic rings. The molecule has 0 bridgehead atoms. The normalized spacial score (nSPS) is 19.3. The van der Waals surface area contributed by atoms with Gasteiger partial charge < -0.3 is 15.5 Å². The van der Waals surface area contributed by atoms with E-state index in [9.17, 15) is 18.4 Å². The SMILES string of the molecule is N#Cc1ccc(CC(=O)NC2CCN(CC[C@H](NC(=O)C3CCC(F)(F)CC3)c3ccccc3)CC2)cc1. The number of nitriles is 1. The van der Waals surface area contributed by atoms with Gasteiger partial charge in [-0.15, -0.1) is 0 Å². The minimum atomic E-state index is -2.65. The van der Waals surface area contributed by atoms with Gasteiger partial charge in [0, 0.05) is 44.4 Å². The molecule has 2 N–H and O–H groups in total. The smallest absolute Gasteiger partial charge is 0.248 e. The maximum atomic E-state index is 13.5.